The van der Waals surface area contributed by atoms with Crippen LogP contribution in [0.15, 0.2) is 59.6 Å². The lowest BCUT2D eigenvalue weighted by Crippen LogP contribution is -2.47. The van der Waals surface area contributed by atoms with Crippen LogP contribution in [-0.2, 0) is 14.8 Å². The molecule has 1 amide bonds. The lowest BCUT2D eigenvalue weighted by molar-refractivity contribution is -0.0249. The van der Waals surface area contributed by atoms with Crippen molar-refractivity contribution in [1.29, 1.82) is 0 Å². The van der Waals surface area contributed by atoms with Crippen molar-refractivity contribution in [3.63, 3.8) is 0 Å². The average molecular weight is 559 g/mol. The van der Waals surface area contributed by atoms with E-state index in [9.17, 15) is 17.6 Å². The van der Waals surface area contributed by atoms with Gasteiger partial charge in [0, 0.05) is 52.0 Å². The number of pyridine rings is 1. The molecule has 0 bridgehead atoms. The summed E-state index contributed by atoms with van der Waals surface area (Å²) >= 11 is 6.10. The number of ether oxygens (including phenoxy) is 2. The molecule has 38 heavy (non-hydrogen) atoms. The highest BCUT2D eigenvalue weighted by Crippen LogP contribution is 2.32. The van der Waals surface area contributed by atoms with Gasteiger partial charge in [-0.3, -0.25) is 9.78 Å². The first-order chi connectivity index (χ1) is 18.1. The van der Waals surface area contributed by atoms with Gasteiger partial charge in [-0.25, -0.2) is 12.8 Å². The molecule has 2 aromatic carbocycles. The quantitative estimate of drug-likeness (QED) is 0.354. The first-order valence-electron chi connectivity index (χ1n) is 11.7. The molecule has 0 radical (unpaired) electrons. The topological polar surface area (TPSA) is 128 Å². The van der Waals surface area contributed by atoms with Gasteiger partial charge in [-0.2, -0.15) is 4.31 Å². The van der Waals surface area contributed by atoms with Crippen molar-refractivity contribution in [2.75, 3.05) is 26.3 Å². The Bertz CT molecular complexity index is 1620. The highest BCUT2D eigenvalue weighted by molar-refractivity contribution is 7.89. The van der Waals surface area contributed by atoms with Crippen molar-refractivity contribution in [1.82, 2.24) is 14.3 Å². The van der Waals surface area contributed by atoms with E-state index in [1.165, 1.54) is 22.5 Å². The van der Waals surface area contributed by atoms with E-state index < -0.39 is 27.9 Å². The number of sulfonamides is 1. The number of nitrogens with two attached hydrogens (primary N) is 1. The van der Waals surface area contributed by atoms with Gasteiger partial charge in [-0.05, 0) is 49.4 Å². The zero-order valence-corrected chi connectivity index (χ0v) is 21.9. The molecule has 1 aliphatic rings. The van der Waals surface area contributed by atoms with Crippen LogP contribution in [-0.4, -0.2) is 61.0 Å². The molecule has 1 unspecified atom stereocenters. The SMILES string of the molecule is Cc1ccc(-c2cc(OCC3CN(S(=O)(=O)c4c(C(N)=O)[nH]c5ccc(Cl)cc45)CCO3)ccc2F)cn1. The van der Waals surface area contributed by atoms with E-state index >= 15 is 0 Å². The number of rotatable bonds is 7. The molecule has 4 aromatic rings. The van der Waals surface area contributed by atoms with E-state index in [-0.39, 0.29) is 42.3 Å². The standard InChI is InChI=1S/C26H24ClFN4O5S/c1-15-2-3-16(12-30-15)20-11-18(5-6-22(20)28)37-14-19-13-32(8-9-36-19)38(34,35)25-21-10-17(27)4-7-23(21)31-24(25)26(29)33/h2-7,10-12,19,31H,8-9,13-14H2,1H3,(H2,29,33). The summed E-state index contributed by atoms with van der Waals surface area (Å²) in [7, 11) is -4.15. The predicted octanol–water partition coefficient (Wildman–Crippen LogP) is 3.90. The molecule has 1 saturated heterocycles. The minimum absolute atomic E-state index is 0.0195. The van der Waals surface area contributed by atoms with Crippen LogP contribution < -0.4 is 10.5 Å². The van der Waals surface area contributed by atoms with Gasteiger partial charge in [0.05, 0.1) is 6.61 Å². The van der Waals surface area contributed by atoms with E-state index in [4.69, 9.17) is 26.8 Å². The van der Waals surface area contributed by atoms with E-state index in [0.29, 0.717) is 27.4 Å². The normalized spacial score (nSPS) is 16.6. The van der Waals surface area contributed by atoms with Crippen LogP contribution in [0.5, 0.6) is 5.75 Å². The Labute approximate surface area is 223 Å². The van der Waals surface area contributed by atoms with Crippen molar-refractivity contribution in [2.24, 2.45) is 5.73 Å². The van der Waals surface area contributed by atoms with Gasteiger partial charge >= 0.3 is 0 Å². The molecule has 198 valence electrons. The molecule has 0 saturated carbocycles. The second-order valence-electron chi connectivity index (χ2n) is 8.88. The maximum absolute atomic E-state index is 14.5. The van der Waals surface area contributed by atoms with Gasteiger partial charge in [-0.15, -0.1) is 0 Å². The summed E-state index contributed by atoms with van der Waals surface area (Å²) in [6.45, 7) is 2.03. The fourth-order valence-electron chi connectivity index (χ4n) is 4.35. The fraction of sp³-hybridized carbons (Fsp3) is 0.231. The summed E-state index contributed by atoms with van der Waals surface area (Å²) < 4.78 is 54.7. The molecule has 5 rings (SSSR count). The van der Waals surface area contributed by atoms with Crippen LogP contribution in [0.3, 0.4) is 0 Å². The van der Waals surface area contributed by atoms with Crippen molar-refractivity contribution >= 4 is 38.4 Å². The first kappa shape index (κ1) is 26.1. The molecular formula is C26H24ClFN4O5S. The van der Waals surface area contributed by atoms with Gasteiger partial charge in [0.1, 0.15) is 34.9 Å². The third-order valence-electron chi connectivity index (χ3n) is 6.25. The average Bonchev–Trinajstić information content (AvgIpc) is 3.29. The van der Waals surface area contributed by atoms with Crippen molar-refractivity contribution in [2.45, 2.75) is 17.9 Å². The van der Waals surface area contributed by atoms with Crippen LogP contribution >= 0.6 is 11.6 Å². The Morgan fingerprint density at radius 2 is 2.08 bits per heavy atom. The molecule has 0 spiro atoms. The molecule has 1 aliphatic heterocycles. The number of H-pyrrole nitrogens is 1. The van der Waals surface area contributed by atoms with E-state index in [1.54, 1.807) is 36.5 Å². The minimum Gasteiger partial charge on any atom is -0.491 e. The summed E-state index contributed by atoms with van der Waals surface area (Å²) in [5.74, 6) is -0.925. The number of morpholine rings is 1. The van der Waals surface area contributed by atoms with E-state index in [0.717, 1.165) is 5.69 Å². The number of fused-ring (bicyclic) bond motifs is 1. The monoisotopic (exact) mass is 558 g/mol. The van der Waals surface area contributed by atoms with Crippen LogP contribution in [0.25, 0.3) is 22.0 Å². The second kappa shape index (κ2) is 10.3. The predicted molar refractivity (Wildman–Crippen MR) is 140 cm³/mol. The third kappa shape index (κ3) is 5.10. The van der Waals surface area contributed by atoms with Gasteiger partial charge in [-0.1, -0.05) is 17.7 Å². The van der Waals surface area contributed by atoms with E-state index in [2.05, 4.69) is 9.97 Å². The summed E-state index contributed by atoms with van der Waals surface area (Å²) in [5.41, 5.74) is 7.45. The Kier molecular flexibility index (Phi) is 7.10. The molecule has 3 heterocycles. The fourth-order valence-corrected chi connectivity index (χ4v) is 6.32. The smallest absolute Gasteiger partial charge is 0.266 e. The van der Waals surface area contributed by atoms with Crippen LogP contribution in [0.2, 0.25) is 5.02 Å². The van der Waals surface area contributed by atoms with Crippen LogP contribution in [0.1, 0.15) is 16.2 Å². The summed E-state index contributed by atoms with van der Waals surface area (Å²) in [4.78, 5) is 18.9. The van der Waals surface area contributed by atoms with Gasteiger partial charge in [0.2, 0.25) is 10.0 Å². The Balaban J connectivity index is 1.35. The number of benzene rings is 2. The number of nitrogens with one attached hydrogen (secondary N) is 1. The molecule has 1 atom stereocenters. The zero-order chi connectivity index (χ0) is 27.0. The number of nitrogens with zero attached hydrogens (tertiary/aromatic N) is 2. The lowest BCUT2D eigenvalue weighted by atomic mass is 10.1. The molecule has 9 nitrogen and oxygen atoms in total. The highest BCUT2D eigenvalue weighted by Gasteiger charge is 2.36. The zero-order valence-electron chi connectivity index (χ0n) is 20.3. The number of aryl methyl sites for hydroxylation is 1. The summed E-state index contributed by atoms with van der Waals surface area (Å²) in [6, 6.07) is 12.6. The number of aromatic nitrogens is 2. The third-order valence-corrected chi connectivity index (χ3v) is 8.44. The number of aromatic amines is 1. The van der Waals surface area contributed by atoms with Gasteiger partial charge in [0.15, 0.2) is 0 Å². The minimum atomic E-state index is -4.15. The molecule has 2 aromatic heterocycles. The molecule has 3 N–H and O–H groups in total. The Morgan fingerprint density at radius 3 is 2.82 bits per heavy atom. The maximum atomic E-state index is 14.5. The molecular weight excluding hydrogens is 535 g/mol. The molecule has 0 aliphatic carbocycles. The number of hydrogen-bond acceptors (Lipinski definition) is 6. The highest BCUT2D eigenvalue weighted by atomic mass is 35.5. The van der Waals surface area contributed by atoms with Crippen molar-refractivity contribution in [3.05, 3.63) is 77.0 Å². The number of primary amides is 1. The first-order valence-corrected chi connectivity index (χ1v) is 13.5. The second-order valence-corrected chi connectivity index (χ2v) is 11.2. The van der Waals surface area contributed by atoms with Gasteiger partial charge in [0.25, 0.3) is 5.91 Å². The largest absolute Gasteiger partial charge is 0.491 e. The number of carbonyl (C=O) groups is 1. The molecule has 1 fully saturated rings. The number of halogens is 2. The summed E-state index contributed by atoms with van der Waals surface area (Å²) in [5, 5.41) is 0.590. The summed E-state index contributed by atoms with van der Waals surface area (Å²) in [6.07, 6.45) is 0.974. The molecule has 12 heteroatoms. The Hall–Kier alpha value is -3.51. The Morgan fingerprint density at radius 1 is 1.26 bits per heavy atom. The van der Waals surface area contributed by atoms with Crippen LogP contribution in [0, 0.1) is 12.7 Å². The van der Waals surface area contributed by atoms with Crippen molar-refractivity contribution in [3.8, 4) is 16.9 Å². The number of carbonyl (C=O) groups excluding carboxylic acids is 1. The van der Waals surface area contributed by atoms with Gasteiger partial charge < -0.3 is 20.2 Å². The number of hydrogen-bond donors (Lipinski definition) is 2. The van der Waals surface area contributed by atoms with E-state index in [1.807, 2.05) is 6.92 Å². The number of amides is 1. The lowest BCUT2D eigenvalue weighted by Gasteiger charge is -2.32. The van der Waals surface area contributed by atoms with Crippen molar-refractivity contribution < 1.29 is 27.1 Å². The van der Waals surface area contributed by atoms with Crippen LogP contribution in [0.4, 0.5) is 4.39 Å². The maximum Gasteiger partial charge on any atom is 0.266 e.